The van der Waals surface area contributed by atoms with Gasteiger partial charge < -0.3 is 9.80 Å². The molecule has 3 saturated heterocycles. The summed E-state index contributed by atoms with van der Waals surface area (Å²) in [6.07, 6.45) is 6.33. The first-order chi connectivity index (χ1) is 17.9. The van der Waals surface area contributed by atoms with Gasteiger partial charge in [0.15, 0.2) is 0 Å². The van der Waals surface area contributed by atoms with Gasteiger partial charge >= 0.3 is 5.69 Å². The highest BCUT2D eigenvalue weighted by Gasteiger charge is 2.36. The average molecular weight is 509 g/mol. The van der Waals surface area contributed by atoms with Crippen LogP contribution in [0.1, 0.15) is 51.0 Å². The van der Waals surface area contributed by atoms with Crippen LogP contribution in [-0.4, -0.2) is 82.0 Å². The summed E-state index contributed by atoms with van der Waals surface area (Å²) in [6, 6.07) is 5.76. The molecule has 1 atom stereocenters. The van der Waals surface area contributed by atoms with E-state index in [4.69, 9.17) is 0 Å². The second kappa shape index (κ2) is 9.63. The Kier molecular flexibility index (Phi) is 6.30. The van der Waals surface area contributed by atoms with Crippen LogP contribution in [0.5, 0.6) is 0 Å². The Morgan fingerprint density at radius 3 is 2.35 bits per heavy atom. The van der Waals surface area contributed by atoms with Crippen LogP contribution in [0.3, 0.4) is 0 Å². The SMILES string of the molecule is Cn1c(=O)n(C2CCC(=O)NC2=O)c2ccc(N3CC(N4CCN(C(=O)C5CCCCC5)CC4)C3)cc21. The zero-order chi connectivity index (χ0) is 25.7. The molecule has 10 nitrogen and oxygen atoms in total. The molecule has 1 aromatic carbocycles. The summed E-state index contributed by atoms with van der Waals surface area (Å²) in [7, 11) is 1.73. The van der Waals surface area contributed by atoms with Gasteiger partial charge in [0.2, 0.25) is 17.7 Å². The van der Waals surface area contributed by atoms with Gasteiger partial charge in [0.1, 0.15) is 6.04 Å². The van der Waals surface area contributed by atoms with Gasteiger partial charge in [0.25, 0.3) is 0 Å². The van der Waals surface area contributed by atoms with Crippen LogP contribution >= 0.6 is 0 Å². The number of imidazole rings is 1. The fourth-order valence-electron chi connectivity index (χ4n) is 6.59. The third-order valence-corrected chi connectivity index (χ3v) is 8.92. The number of rotatable bonds is 4. The predicted octanol–water partition coefficient (Wildman–Crippen LogP) is 1.23. The van der Waals surface area contributed by atoms with Crippen LogP contribution in [0.15, 0.2) is 23.0 Å². The van der Waals surface area contributed by atoms with Crippen molar-refractivity contribution < 1.29 is 14.4 Å². The maximum atomic E-state index is 13.0. The number of imide groups is 1. The quantitative estimate of drug-likeness (QED) is 0.624. The van der Waals surface area contributed by atoms with Crippen molar-refractivity contribution in [3.05, 3.63) is 28.7 Å². The first kappa shape index (κ1) is 24.2. The number of amides is 3. The number of aromatic nitrogens is 2. The molecule has 6 rings (SSSR count). The topological polar surface area (TPSA) is 99.9 Å². The number of aryl methyl sites for hydroxylation is 1. The van der Waals surface area contributed by atoms with E-state index in [1.54, 1.807) is 11.6 Å². The molecule has 0 spiro atoms. The number of fused-ring (bicyclic) bond motifs is 1. The lowest BCUT2D eigenvalue weighted by Crippen LogP contribution is -2.63. The summed E-state index contributed by atoms with van der Waals surface area (Å²) in [6.45, 7) is 5.36. The van der Waals surface area contributed by atoms with Gasteiger partial charge in [0, 0.05) is 70.4 Å². The van der Waals surface area contributed by atoms with Crippen molar-refractivity contribution in [2.75, 3.05) is 44.2 Å². The molecule has 4 fully saturated rings. The van der Waals surface area contributed by atoms with Crippen molar-refractivity contribution >= 4 is 34.4 Å². The molecular weight excluding hydrogens is 472 g/mol. The highest BCUT2D eigenvalue weighted by Crippen LogP contribution is 2.30. The van der Waals surface area contributed by atoms with E-state index in [0.29, 0.717) is 23.9 Å². The number of hydrogen-bond acceptors (Lipinski definition) is 6. The number of anilines is 1. The van der Waals surface area contributed by atoms with Crippen LogP contribution in [0.25, 0.3) is 11.0 Å². The molecule has 1 aromatic heterocycles. The molecule has 1 saturated carbocycles. The molecule has 3 amide bonds. The van der Waals surface area contributed by atoms with E-state index in [1.165, 1.54) is 23.8 Å². The molecule has 37 heavy (non-hydrogen) atoms. The fourth-order valence-corrected chi connectivity index (χ4v) is 6.59. The van der Waals surface area contributed by atoms with E-state index >= 15 is 0 Å². The maximum Gasteiger partial charge on any atom is 0.329 e. The number of carbonyl (C=O) groups is 3. The number of carbonyl (C=O) groups excluding carboxylic acids is 3. The van der Waals surface area contributed by atoms with E-state index in [1.807, 2.05) is 18.2 Å². The largest absolute Gasteiger partial charge is 0.368 e. The molecule has 198 valence electrons. The average Bonchev–Trinajstić information content (AvgIpc) is 3.13. The summed E-state index contributed by atoms with van der Waals surface area (Å²) < 4.78 is 3.11. The Balaban J connectivity index is 1.09. The van der Waals surface area contributed by atoms with Crippen LogP contribution < -0.4 is 15.9 Å². The summed E-state index contributed by atoms with van der Waals surface area (Å²) in [5, 5.41) is 2.36. The second-order valence-electron chi connectivity index (χ2n) is 11.1. The minimum absolute atomic E-state index is 0.232. The predicted molar refractivity (Wildman–Crippen MR) is 139 cm³/mol. The van der Waals surface area contributed by atoms with Crippen molar-refractivity contribution in [3.8, 4) is 0 Å². The van der Waals surface area contributed by atoms with E-state index in [0.717, 1.165) is 63.3 Å². The third kappa shape index (κ3) is 4.35. The first-order valence-electron chi connectivity index (χ1n) is 13.7. The Morgan fingerprint density at radius 1 is 0.919 bits per heavy atom. The number of hydrogen-bond donors (Lipinski definition) is 1. The zero-order valence-corrected chi connectivity index (χ0v) is 21.5. The molecule has 10 heteroatoms. The Labute approximate surface area is 216 Å². The van der Waals surface area contributed by atoms with Crippen molar-refractivity contribution in [1.29, 1.82) is 0 Å². The summed E-state index contributed by atoms with van der Waals surface area (Å²) in [5.41, 5.74) is 2.31. The van der Waals surface area contributed by atoms with E-state index in [2.05, 4.69) is 20.0 Å². The van der Waals surface area contributed by atoms with Gasteiger partial charge in [-0.05, 0) is 37.5 Å². The lowest BCUT2D eigenvalue weighted by Gasteiger charge is -2.49. The van der Waals surface area contributed by atoms with Gasteiger partial charge in [-0.15, -0.1) is 0 Å². The molecule has 0 radical (unpaired) electrons. The Hall–Kier alpha value is -3.14. The second-order valence-corrected chi connectivity index (χ2v) is 11.1. The number of piperazine rings is 1. The van der Waals surface area contributed by atoms with Crippen LogP contribution in [0.2, 0.25) is 0 Å². The summed E-state index contributed by atoms with van der Waals surface area (Å²) in [5.74, 6) is -0.0876. The minimum Gasteiger partial charge on any atom is -0.368 e. The standard InChI is InChI=1S/C27H36N6O4/c1-29-23-15-19(7-8-21(23)33(27(29)37)22-9-10-24(34)28-25(22)35)32-16-20(17-32)30-11-13-31(14-12-30)26(36)18-5-3-2-4-6-18/h7-8,15,18,20,22H,2-6,9-14,16-17H2,1H3,(H,28,34,35). The molecule has 0 bridgehead atoms. The summed E-state index contributed by atoms with van der Waals surface area (Å²) >= 11 is 0. The smallest absolute Gasteiger partial charge is 0.329 e. The van der Waals surface area contributed by atoms with Crippen molar-refractivity contribution in [3.63, 3.8) is 0 Å². The van der Waals surface area contributed by atoms with Gasteiger partial charge in [-0.3, -0.25) is 33.7 Å². The van der Waals surface area contributed by atoms with E-state index in [-0.39, 0.29) is 23.9 Å². The monoisotopic (exact) mass is 508 g/mol. The van der Waals surface area contributed by atoms with Crippen LogP contribution in [0.4, 0.5) is 5.69 Å². The van der Waals surface area contributed by atoms with E-state index in [9.17, 15) is 19.2 Å². The zero-order valence-electron chi connectivity index (χ0n) is 21.5. The number of nitrogens with zero attached hydrogens (tertiary/aromatic N) is 5. The number of nitrogens with one attached hydrogen (secondary N) is 1. The van der Waals surface area contributed by atoms with Crippen LogP contribution in [-0.2, 0) is 21.4 Å². The van der Waals surface area contributed by atoms with Crippen molar-refractivity contribution in [1.82, 2.24) is 24.3 Å². The molecule has 1 aliphatic carbocycles. The highest BCUT2D eigenvalue weighted by atomic mass is 16.2. The normalized spacial score (nSPS) is 24.4. The molecule has 4 heterocycles. The van der Waals surface area contributed by atoms with Gasteiger partial charge in [-0.2, -0.15) is 0 Å². The van der Waals surface area contributed by atoms with Crippen molar-refractivity contribution in [2.24, 2.45) is 13.0 Å². The maximum absolute atomic E-state index is 13.0. The lowest BCUT2D eigenvalue weighted by atomic mass is 9.88. The third-order valence-electron chi connectivity index (χ3n) is 8.92. The minimum atomic E-state index is -0.670. The molecule has 1 N–H and O–H groups in total. The van der Waals surface area contributed by atoms with Crippen molar-refractivity contribution in [2.45, 2.75) is 57.0 Å². The molecule has 4 aliphatic rings. The van der Waals surface area contributed by atoms with Crippen LogP contribution in [0, 0.1) is 5.92 Å². The lowest BCUT2D eigenvalue weighted by molar-refractivity contribution is -0.139. The van der Waals surface area contributed by atoms with E-state index < -0.39 is 11.9 Å². The molecular formula is C27H36N6O4. The Morgan fingerprint density at radius 2 is 1.65 bits per heavy atom. The van der Waals surface area contributed by atoms with Gasteiger partial charge in [-0.25, -0.2) is 4.79 Å². The van der Waals surface area contributed by atoms with Gasteiger partial charge in [-0.1, -0.05) is 19.3 Å². The number of piperidine rings is 1. The summed E-state index contributed by atoms with van der Waals surface area (Å²) in [4.78, 5) is 56.8. The molecule has 2 aromatic rings. The van der Waals surface area contributed by atoms with Gasteiger partial charge in [0.05, 0.1) is 11.0 Å². The fraction of sp³-hybridized carbons (Fsp3) is 0.630. The molecule has 3 aliphatic heterocycles. The first-order valence-corrected chi connectivity index (χ1v) is 13.7. The Bertz CT molecular complexity index is 1280. The molecule has 1 unspecified atom stereocenters. The number of benzene rings is 1. The highest BCUT2D eigenvalue weighted by molar-refractivity contribution is 6.00.